The Bertz CT molecular complexity index is 925. The Kier molecular flexibility index (Phi) is 3.89. The minimum absolute atomic E-state index is 0.262. The van der Waals surface area contributed by atoms with E-state index >= 15 is 0 Å². The van der Waals surface area contributed by atoms with Crippen LogP contribution in [0.25, 0.3) is 16.8 Å². The number of carbonyl (C=O) groups excluding carboxylic acids is 1. The molecule has 2 N–H and O–H groups in total. The first-order valence-electron chi connectivity index (χ1n) is 8.42. The number of nitrogens with zero attached hydrogens (tertiary/aromatic N) is 4. The summed E-state index contributed by atoms with van der Waals surface area (Å²) in [7, 11) is 2.16. The van der Waals surface area contributed by atoms with Crippen molar-refractivity contribution in [2.45, 2.75) is 0 Å². The molecular weight excluding hydrogens is 314 g/mol. The molecule has 0 amide bonds. The Morgan fingerprint density at radius 1 is 1.08 bits per heavy atom. The number of anilines is 2. The second kappa shape index (κ2) is 6.22. The molecule has 2 aromatic heterocycles. The van der Waals surface area contributed by atoms with E-state index in [9.17, 15) is 4.79 Å². The molecule has 1 fully saturated rings. The van der Waals surface area contributed by atoms with Crippen molar-refractivity contribution >= 4 is 23.4 Å². The molecule has 0 radical (unpaired) electrons. The number of piperazine rings is 1. The van der Waals surface area contributed by atoms with Crippen LogP contribution >= 0.6 is 0 Å². The van der Waals surface area contributed by atoms with Gasteiger partial charge in [-0.25, -0.2) is 4.98 Å². The van der Waals surface area contributed by atoms with Crippen molar-refractivity contribution in [3.05, 3.63) is 48.3 Å². The molecule has 0 unspecified atom stereocenters. The molecule has 128 valence electrons. The van der Waals surface area contributed by atoms with Gasteiger partial charge in [0.2, 0.25) is 0 Å². The van der Waals surface area contributed by atoms with Gasteiger partial charge < -0.3 is 15.5 Å². The standard InChI is InChI=1S/C19H21N5O/c1-22-7-9-23(10-8-22)16-4-2-3-14(11-16)15-5-6-18-21-19(20)17(13-25)24(18)12-15/h2-6,11-13H,7-10,20H2,1H3. The molecule has 0 spiro atoms. The summed E-state index contributed by atoms with van der Waals surface area (Å²) in [6, 6.07) is 12.4. The van der Waals surface area contributed by atoms with E-state index in [4.69, 9.17) is 5.73 Å². The summed E-state index contributed by atoms with van der Waals surface area (Å²) in [6.07, 6.45) is 2.67. The molecule has 0 atom stereocenters. The summed E-state index contributed by atoms with van der Waals surface area (Å²) in [4.78, 5) is 20.3. The van der Waals surface area contributed by atoms with Crippen LogP contribution in [-0.4, -0.2) is 53.8 Å². The van der Waals surface area contributed by atoms with E-state index in [2.05, 4.69) is 46.1 Å². The predicted octanol–water partition coefficient (Wildman–Crippen LogP) is 2.15. The lowest BCUT2D eigenvalue weighted by Crippen LogP contribution is -2.44. The number of aldehydes is 1. The molecular formula is C19H21N5O. The van der Waals surface area contributed by atoms with Gasteiger partial charge in [0.1, 0.15) is 11.3 Å². The largest absolute Gasteiger partial charge is 0.382 e. The van der Waals surface area contributed by atoms with E-state index < -0.39 is 0 Å². The lowest BCUT2D eigenvalue weighted by Gasteiger charge is -2.34. The highest BCUT2D eigenvalue weighted by molar-refractivity contribution is 5.82. The highest BCUT2D eigenvalue weighted by atomic mass is 16.1. The topological polar surface area (TPSA) is 66.9 Å². The SMILES string of the molecule is CN1CCN(c2cccc(-c3ccc4nc(N)c(C=O)n4c3)c2)CC1. The molecule has 6 heteroatoms. The van der Waals surface area contributed by atoms with Gasteiger partial charge in [-0.1, -0.05) is 12.1 Å². The lowest BCUT2D eigenvalue weighted by atomic mass is 10.1. The zero-order valence-electron chi connectivity index (χ0n) is 14.2. The number of nitrogen functional groups attached to an aromatic ring is 1. The molecule has 3 heterocycles. The number of pyridine rings is 1. The second-order valence-corrected chi connectivity index (χ2v) is 6.49. The van der Waals surface area contributed by atoms with Crippen LogP contribution in [0, 0.1) is 0 Å². The Morgan fingerprint density at radius 3 is 2.64 bits per heavy atom. The highest BCUT2D eigenvalue weighted by Crippen LogP contribution is 2.26. The van der Waals surface area contributed by atoms with Gasteiger partial charge in [-0.15, -0.1) is 0 Å². The number of hydrogen-bond donors (Lipinski definition) is 1. The van der Waals surface area contributed by atoms with Gasteiger partial charge in [-0.05, 0) is 42.4 Å². The first-order chi connectivity index (χ1) is 12.2. The zero-order chi connectivity index (χ0) is 17.4. The maximum absolute atomic E-state index is 11.3. The van der Waals surface area contributed by atoms with Gasteiger partial charge in [0, 0.05) is 38.1 Å². The molecule has 25 heavy (non-hydrogen) atoms. The predicted molar refractivity (Wildman–Crippen MR) is 100 cm³/mol. The summed E-state index contributed by atoms with van der Waals surface area (Å²) >= 11 is 0. The summed E-state index contributed by atoms with van der Waals surface area (Å²) in [5.41, 5.74) is 10.3. The van der Waals surface area contributed by atoms with Crippen LogP contribution in [0.15, 0.2) is 42.6 Å². The Morgan fingerprint density at radius 2 is 1.88 bits per heavy atom. The van der Waals surface area contributed by atoms with Crippen LogP contribution in [-0.2, 0) is 0 Å². The van der Waals surface area contributed by atoms with Gasteiger partial charge in [0.25, 0.3) is 0 Å². The Labute approximate surface area is 146 Å². The van der Waals surface area contributed by atoms with Crippen LogP contribution in [0.1, 0.15) is 10.5 Å². The normalized spacial score (nSPS) is 15.6. The third-order valence-corrected chi connectivity index (χ3v) is 4.84. The number of fused-ring (bicyclic) bond motifs is 1. The lowest BCUT2D eigenvalue weighted by molar-refractivity contribution is 0.111. The summed E-state index contributed by atoms with van der Waals surface area (Å²) < 4.78 is 1.75. The number of carbonyl (C=O) groups is 1. The maximum Gasteiger partial charge on any atom is 0.170 e. The average Bonchev–Trinajstić information content (AvgIpc) is 2.96. The first-order valence-corrected chi connectivity index (χ1v) is 8.42. The molecule has 0 aliphatic carbocycles. The number of rotatable bonds is 3. The molecule has 1 aliphatic rings. The smallest absolute Gasteiger partial charge is 0.170 e. The van der Waals surface area contributed by atoms with Crippen molar-refractivity contribution in [2.75, 3.05) is 43.9 Å². The van der Waals surface area contributed by atoms with Crippen LogP contribution < -0.4 is 10.6 Å². The van der Waals surface area contributed by atoms with Gasteiger partial charge in [-0.2, -0.15) is 0 Å². The summed E-state index contributed by atoms with van der Waals surface area (Å²) in [6.45, 7) is 4.22. The van der Waals surface area contributed by atoms with Crippen molar-refractivity contribution in [3.63, 3.8) is 0 Å². The fraction of sp³-hybridized carbons (Fsp3) is 0.263. The van der Waals surface area contributed by atoms with Gasteiger partial charge in [0.05, 0.1) is 0 Å². The van der Waals surface area contributed by atoms with Crippen molar-refractivity contribution < 1.29 is 4.79 Å². The number of benzene rings is 1. The van der Waals surface area contributed by atoms with Gasteiger partial charge in [0.15, 0.2) is 12.1 Å². The molecule has 3 aromatic rings. The number of likely N-dealkylation sites (N-methyl/N-ethyl adjacent to an activating group) is 1. The van der Waals surface area contributed by atoms with E-state index in [0.29, 0.717) is 11.3 Å². The monoisotopic (exact) mass is 335 g/mol. The van der Waals surface area contributed by atoms with Gasteiger partial charge in [-0.3, -0.25) is 9.20 Å². The minimum Gasteiger partial charge on any atom is -0.382 e. The third kappa shape index (κ3) is 2.85. The molecule has 6 nitrogen and oxygen atoms in total. The second-order valence-electron chi connectivity index (χ2n) is 6.49. The van der Waals surface area contributed by atoms with Crippen molar-refractivity contribution in [2.24, 2.45) is 0 Å². The minimum atomic E-state index is 0.262. The van der Waals surface area contributed by atoms with Crippen molar-refractivity contribution in [3.8, 4) is 11.1 Å². The van der Waals surface area contributed by atoms with Crippen molar-refractivity contribution in [1.82, 2.24) is 14.3 Å². The Hall–Kier alpha value is -2.86. The van der Waals surface area contributed by atoms with Crippen LogP contribution in [0.3, 0.4) is 0 Å². The Balaban J connectivity index is 1.71. The van der Waals surface area contributed by atoms with Crippen molar-refractivity contribution in [1.29, 1.82) is 0 Å². The van der Waals surface area contributed by atoms with Crippen LogP contribution in [0.2, 0.25) is 0 Å². The molecule has 1 aliphatic heterocycles. The van der Waals surface area contributed by atoms with Gasteiger partial charge >= 0.3 is 0 Å². The molecule has 1 aromatic carbocycles. The van der Waals surface area contributed by atoms with Crippen LogP contribution in [0.5, 0.6) is 0 Å². The summed E-state index contributed by atoms with van der Waals surface area (Å²) in [5.74, 6) is 0.262. The average molecular weight is 335 g/mol. The van der Waals surface area contributed by atoms with E-state index in [1.807, 2.05) is 18.3 Å². The number of imidazole rings is 1. The summed E-state index contributed by atoms with van der Waals surface area (Å²) in [5, 5.41) is 0. The quantitative estimate of drug-likeness (QED) is 0.743. The zero-order valence-corrected chi connectivity index (χ0v) is 14.2. The first kappa shape index (κ1) is 15.7. The highest BCUT2D eigenvalue weighted by Gasteiger charge is 2.15. The van der Waals surface area contributed by atoms with E-state index in [1.54, 1.807) is 4.40 Å². The molecule has 0 bridgehead atoms. The van der Waals surface area contributed by atoms with E-state index in [1.165, 1.54) is 5.69 Å². The molecule has 1 saturated heterocycles. The fourth-order valence-corrected chi connectivity index (χ4v) is 3.32. The number of hydrogen-bond acceptors (Lipinski definition) is 5. The molecule has 0 saturated carbocycles. The van der Waals surface area contributed by atoms with Crippen LogP contribution in [0.4, 0.5) is 11.5 Å². The third-order valence-electron chi connectivity index (χ3n) is 4.84. The van der Waals surface area contributed by atoms with E-state index in [-0.39, 0.29) is 5.82 Å². The number of nitrogens with two attached hydrogens (primary N) is 1. The van der Waals surface area contributed by atoms with E-state index in [0.717, 1.165) is 43.6 Å². The maximum atomic E-state index is 11.3. The fourth-order valence-electron chi connectivity index (χ4n) is 3.32. The number of aromatic nitrogens is 2. The molecule has 4 rings (SSSR count).